The summed E-state index contributed by atoms with van der Waals surface area (Å²) in [5.41, 5.74) is 21.4. The molecule has 16 nitrogen and oxygen atoms in total. The number of carbonyl (C=O) groups excluding carboxylic acids is 5. The van der Waals surface area contributed by atoms with Crippen molar-refractivity contribution in [2.24, 2.45) is 22.9 Å². The van der Waals surface area contributed by atoms with Crippen molar-refractivity contribution in [3.63, 3.8) is 0 Å². The molecule has 0 radical (unpaired) electrons. The first-order chi connectivity index (χ1) is 17.3. The van der Waals surface area contributed by atoms with Crippen LogP contribution in [0.25, 0.3) is 0 Å². The third-order valence-corrected chi connectivity index (χ3v) is 5.19. The zero-order chi connectivity index (χ0) is 28.5. The maximum atomic E-state index is 12.9. The molecule has 0 bridgehead atoms. The van der Waals surface area contributed by atoms with Gasteiger partial charge in [0.15, 0.2) is 0 Å². The molecule has 0 saturated heterocycles. The van der Waals surface area contributed by atoms with E-state index in [2.05, 4.69) is 16.0 Å². The second-order valence-electron chi connectivity index (χ2n) is 8.36. The van der Waals surface area contributed by atoms with Crippen LogP contribution < -0.4 is 38.9 Å². The smallest absolute Gasteiger partial charge is 0.326 e. The van der Waals surface area contributed by atoms with Gasteiger partial charge in [-0.25, -0.2) is 4.79 Å². The predicted molar refractivity (Wildman–Crippen MR) is 128 cm³/mol. The molecule has 4 atom stereocenters. The Morgan fingerprint density at radius 2 is 1.05 bits per heavy atom. The van der Waals surface area contributed by atoms with Crippen LogP contribution >= 0.6 is 0 Å². The molecule has 0 spiro atoms. The van der Waals surface area contributed by atoms with Crippen molar-refractivity contribution >= 4 is 41.5 Å². The maximum Gasteiger partial charge on any atom is 0.326 e. The average molecular weight is 532 g/mol. The fraction of sp³-hybridized carbons (Fsp3) is 0.667. The Hall–Kier alpha value is -3.79. The molecule has 0 aliphatic heterocycles. The molecule has 0 rings (SSSR count). The molecule has 0 aliphatic rings. The standard InChI is InChI=1S/C21H37N7O9/c22-10-2-1-3-11(23)18(33)26-12(4-7-15(24)29)19(34)27-13(6-9-17(31)32)20(35)28-14(21(36)37)5-8-16(25)30/h11-14H,1-10,22-23H2,(H2,24,29)(H2,25,30)(H,26,33)(H,27,34)(H,28,35)(H,31,32)(H,36,37). The first-order valence-electron chi connectivity index (χ1n) is 11.7. The zero-order valence-corrected chi connectivity index (χ0v) is 20.4. The lowest BCUT2D eigenvalue weighted by molar-refractivity contribution is -0.143. The molecule has 0 heterocycles. The largest absolute Gasteiger partial charge is 0.481 e. The molecule has 210 valence electrons. The Kier molecular flexibility index (Phi) is 15.8. The number of primary amides is 2. The maximum absolute atomic E-state index is 12.9. The van der Waals surface area contributed by atoms with Crippen LogP contribution in [0.4, 0.5) is 0 Å². The third-order valence-electron chi connectivity index (χ3n) is 5.19. The third kappa shape index (κ3) is 15.0. The average Bonchev–Trinajstić information content (AvgIpc) is 2.80. The molecule has 5 amide bonds. The zero-order valence-electron chi connectivity index (χ0n) is 20.4. The van der Waals surface area contributed by atoms with Crippen molar-refractivity contribution in [2.75, 3.05) is 6.54 Å². The van der Waals surface area contributed by atoms with Gasteiger partial charge >= 0.3 is 11.9 Å². The predicted octanol–water partition coefficient (Wildman–Crippen LogP) is -3.62. The van der Waals surface area contributed by atoms with Crippen molar-refractivity contribution < 1.29 is 43.8 Å². The highest BCUT2D eigenvalue weighted by Crippen LogP contribution is 2.06. The topological polar surface area (TPSA) is 300 Å². The summed E-state index contributed by atoms with van der Waals surface area (Å²) in [5, 5.41) is 25.1. The number of unbranched alkanes of at least 4 members (excludes halogenated alkanes) is 1. The van der Waals surface area contributed by atoms with Gasteiger partial charge in [0.2, 0.25) is 29.5 Å². The number of hydrogen-bond acceptors (Lipinski definition) is 9. The minimum Gasteiger partial charge on any atom is -0.481 e. The highest BCUT2D eigenvalue weighted by Gasteiger charge is 2.31. The molecule has 16 heteroatoms. The SMILES string of the molecule is NCCCCC(N)C(=O)NC(CCC(N)=O)C(=O)NC(CCC(=O)O)C(=O)NC(CCC(N)=O)C(=O)O. The van der Waals surface area contributed by atoms with Crippen LogP contribution in [-0.2, 0) is 33.6 Å². The molecule has 0 aromatic rings. The van der Waals surface area contributed by atoms with Crippen LogP contribution in [-0.4, -0.2) is 82.4 Å². The van der Waals surface area contributed by atoms with E-state index in [4.69, 9.17) is 28.0 Å². The number of carbonyl (C=O) groups is 7. The van der Waals surface area contributed by atoms with E-state index in [1.807, 2.05) is 0 Å². The van der Waals surface area contributed by atoms with Crippen molar-refractivity contribution in [1.29, 1.82) is 0 Å². The van der Waals surface area contributed by atoms with Crippen LogP contribution in [0.15, 0.2) is 0 Å². The van der Waals surface area contributed by atoms with Crippen molar-refractivity contribution in [3.05, 3.63) is 0 Å². The fourth-order valence-electron chi connectivity index (χ4n) is 3.10. The lowest BCUT2D eigenvalue weighted by Gasteiger charge is -2.25. The molecule has 0 aromatic carbocycles. The molecule has 0 fully saturated rings. The number of amides is 5. The van der Waals surface area contributed by atoms with Crippen LogP contribution in [0.5, 0.6) is 0 Å². The summed E-state index contributed by atoms with van der Waals surface area (Å²) < 4.78 is 0. The van der Waals surface area contributed by atoms with E-state index in [0.717, 1.165) is 0 Å². The number of hydrogen-bond donors (Lipinski definition) is 9. The lowest BCUT2D eigenvalue weighted by atomic mass is 10.0. The molecule has 37 heavy (non-hydrogen) atoms. The highest BCUT2D eigenvalue weighted by atomic mass is 16.4. The molecule has 0 aliphatic carbocycles. The summed E-state index contributed by atoms with van der Waals surface area (Å²) in [4.78, 5) is 82.8. The van der Waals surface area contributed by atoms with E-state index in [0.29, 0.717) is 19.4 Å². The Labute approximate surface area is 213 Å². The minimum absolute atomic E-state index is 0.244. The molecule has 4 unspecified atom stereocenters. The summed E-state index contributed by atoms with van der Waals surface area (Å²) in [6.07, 6.45) is -0.770. The quantitative estimate of drug-likeness (QED) is 0.0690. The first kappa shape index (κ1) is 33.2. The molecule has 0 aromatic heterocycles. The number of rotatable bonds is 20. The van der Waals surface area contributed by atoms with Crippen molar-refractivity contribution in [2.45, 2.75) is 82.0 Å². The lowest BCUT2D eigenvalue weighted by Crippen LogP contribution is -2.57. The van der Waals surface area contributed by atoms with Gasteiger partial charge in [-0.2, -0.15) is 0 Å². The summed E-state index contributed by atoms with van der Waals surface area (Å²) in [6, 6.07) is -5.40. The number of nitrogens with two attached hydrogens (primary N) is 4. The fourth-order valence-corrected chi connectivity index (χ4v) is 3.10. The second kappa shape index (κ2) is 17.6. The second-order valence-corrected chi connectivity index (χ2v) is 8.36. The van der Waals surface area contributed by atoms with Crippen LogP contribution in [0, 0.1) is 0 Å². The Bertz CT molecular complexity index is 837. The van der Waals surface area contributed by atoms with E-state index in [-0.39, 0.29) is 32.1 Å². The van der Waals surface area contributed by atoms with Gasteiger partial charge in [-0.1, -0.05) is 6.42 Å². The van der Waals surface area contributed by atoms with Crippen LogP contribution in [0.1, 0.15) is 57.8 Å². The first-order valence-corrected chi connectivity index (χ1v) is 11.7. The molecule has 0 saturated carbocycles. The Morgan fingerprint density at radius 1 is 0.622 bits per heavy atom. The van der Waals surface area contributed by atoms with Gasteiger partial charge in [0, 0.05) is 19.3 Å². The van der Waals surface area contributed by atoms with E-state index in [9.17, 15) is 38.7 Å². The molecular weight excluding hydrogens is 494 g/mol. The van der Waals surface area contributed by atoms with Gasteiger partial charge in [-0.3, -0.25) is 28.8 Å². The van der Waals surface area contributed by atoms with E-state index >= 15 is 0 Å². The number of aliphatic carboxylic acids is 2. The summed E-state index contributed by atoms with van der Waals surface area (Å²) in [5.74, 6) is -7.02. The van der Waals surface area contributed by atoms with Crippen LogP contribution in [0.3, 0.4) is 0 Å². The van der Waals surface area contributed by atoms with Gasteiger partial charge in [0.05, 0.1) is 6.04 Å². The molecule has 13 N–H and O–H groups in total. The number of nitrogens with one attached hydrogen (secondary N) is 3. The van der Waals surface area contributed by atoms with E-state index in [1.54, 1.807) is 0 Å². The normalized spacial score (nSPS) is 13.9. The summed E-state index contributed by atoms with van der Waals surface area (Å²) >= 11 is 0. The van der Waals surface area contributed by atoms with Gasteiger partial charge in [0.25, 0.3) is 0 Å². The highest BCUT2D eigenvalue weighted by molar-refractivity contribution is 5.94. The Balaban J connectivity index is 5.59. The van der Waals surface area contributed by atoms with Gasteiger partial charge in [-0.05, 0) is 38.6 Å². The van der Waals surface area contributed by atoms with Gasteiger partial charge in [0.1, 0.15) is 18.1 Å². The summed E-state index contributed by atoms with van der Waals surface area (Å²) in [7, 11) is 0. The van der Waals surface area contributed by atoms with Crippen LogP contribution in [0.2, 0.25) is 0 Å². The van der Waals surface area contributed by atoms with E-state index in [1.165, 1.54) is 0 Å². The van der Waals surface area contributed by atoms with Gasteiger partial charge < -0.3 is 49.1 Å². The minimum atomic E-state index is -1.54. The monoisotopic (exact) mass is 531 g/mol. The van der Waals surface area contributed by atoms with Crippen molar-refractivity contribution in [3.8, 4) is 0 Å². The summed E-state index contributed by atoms with van der Waals surface area (Å²) in [6.45, 7) is 0.406. The van der Waals surface area contributed by atoms with Gasteiger partial charge in [-0.15, -0.1) is 0 Å². The van der Waals surface area contributed by atoms with Crippen molar-refractivity contribution in [1.82, 2.24) is 16.0 Å². The Morgan fingerprint density at radius 3 is 1.49 bits per heavy atom. The van der Waals surface area contributed by atoms with E-state index < -0.39 is 78.5 Å². The molecular formula is C21H37N7O9. The number of carboxylic acid groups (broad SMARTS) is 2. The number of carboxylic acids is 2.